The third-order valence-corrected chi connectivity index (χ3v) is 2.33. The molecule has 0 aliphatic heterocycles. The van der Waals surface area contributed by atoms with Gasteiger partial charge >= 0.3 is 19.5 Å². The molecule has 0 rings (SSSR count). The van der Waals surface area contributed by atoms with Gasteiger partial charge in [0, 0.05) is 18.8 Å². The van der Waals surface area contributed by atoms with Crippen molar-refractivity contribution in [1.82, 2.24) is 5.32 Å². The van der Waals surface area contributed by atoms with Gasteiger partial charge in [-0.15, -0.1) is 0 Å². The summed E-state index contributed by atoms with van der Waals surface area (Å²) in [5, 5.41) is 19.6. The van der Waals surface area contributed by atoms with Crippen molar-refractivity contribution in [2.24, 2.45) is 0 Å². The van der Waals surface area contributed by atoms with Crippen LogP contribution >= 0.6 is 7.60 Å². The van der Waals surface area contributed by atoms with Crippen LogP contribution in [0.25, 0.3) is 0 Å². The number of carboxylic acids is 2. The Morgan fingerprint density at radius 3 is 2.29 bits per heavy atom. The molecule has 17 heavy (non-hydrogen) atoms. The second-order valence-corrected chi connectivity index (χ2v) is 4.68. The Balaban J connectivity index is 4.10. The summed E-state index contributed by atoms with van der Waals surface area (Å²) in [5.41, 5.74) is 0. The predicted octanol–water partition coefficient (Wildman–Crippen LogP) is -0.415. The smallest absolute Gasteiger partial charge is 0.348 e. The van der Waals surface area contributed by atoms with E-state index < -0.39 is 25.6 Å². The second kappa shape index (κ2) is 7.18. The number of hydrogen-bond donors (Lipinski definition) is 5. The molecule has 0 fully saturated rings. The molecule has 0 aliphatic carbocycles. The van der Waals surface area contributed by atoms with Crippen LogP contribution in [0.2, 0.25) is 0 Å². The van der Waals surface area contributed by atoms with E-state index in [1.165, 1.54) is 0 Å². The van der Waals surface area contributed by atoms with E-state index in [0.29, 0.717) is 5.82 Å². The molecule has 5 N–H and O–H groups in total. The van der Waals surface area contributed by atoms with E-state index in [9.17, 15) is 14.2 Å². The Hall–Kier alpha value is -1.21. The lowest BCUT2D eigenvalue weighted by atomic mass is 10.1. The quantitative estimate of drug-likeness (QED) is 0.373. The van der Waals surface area contributed by atoms with Gasteiger partial charge in [0.05, 0.1) is 0 Å². The molecule has 0 saturated heterocycles. The van der Waals surface area contributed by atoms with Gasteiger partial charge in [-0.25, -0.2) is 0 Å². The molecule has 98 valence electrons. The molecule has 0 heterocycles. The van der Waals surface area contributed by atoms with Crippen LogP contribution in [0.4, 0.5) is 0 Å². The highest BCUT2D eigenvalue weighted by Crippen LogP contribution is 2.35. The van der Waals surface area contributed by atoms with Crippen molar-refractivity contribution < 1.29 is 34.2 Å². The number of aliphatic carboxylic acids is 2. The van der Waals surface area contributed by atoms with Crippen molar-refractivity contribution in [3.05, 3.63) is 11.9 Å². The summed E-state index contributed by atoms with van der Waals surface area (Å²) in [5.74, 6) is -1.67. The first kappa shape index (κ1) is 15.8. The lowest BCUT2D eigenvalue weighted by Gasteiger charge is -2.11. The first-order valence-electron chi connectivity index (χ1n) is 4.63. The van der Waals surface area contributed by atoms with E-state index in [0.717, 1.165) is 6.08 Å². The van der Waals surface area contributed by atoms with Gasteiger partial charge in [0.1, 0.15) is 6.04 Å². The topological polar surface area (TPSA) is 144 Å². The molecule has 0 aromatic carbocycles. The minimum Gasteiger partial charge on any atom is -0.481 e. The highest BCUT2D eigenvalue weighted by Gasteiger charge is 2.17. The zero-order valence-electron chi connectivity index (χ0n) is 8.81. The Bertz CT molecular complexity index is 348. The van der Waals surface area contributed by atoms with Gasteiger partial charge in [-0.2, -0.15) is 0 Å². The van der Waals surface area contributed by atoms with Crippen molar-refractivity contribution in [1.29, 1.82) is 0 Å². The Kier molecular flexibility index (Phi) is 6.67. The van der Waals surface area contributed by atoms with Gasteiger partial charge in [0.15, 0.2) is 0 Å². The predicted molar refractivity (Wildman–Crippen MR) is 57.5 cm³/mol. The average molecular weight is 267 g/mol. The lowest BCUT2D eigenvalue weighted by molar-refractivity contribution is -0.140. The van der Waals surface area contributed by atoms with Crippen molar-refractivity contribution in [2.75, 3.05) is 6.54 Å². The number of nitrogens with one attached hydrogen (secondary N) is 1. The second-order valence-electron chi connectivity index (χ2n) is 3.21. The first-order chi connectivity index (χ1) is 7.72. The zero-order valence-corrected chi connectivity index (χ0v) is 9.71. The molecular weight excluding hydrogens is 253 g/mol. The monoisotopic (exact) mass is 267 g/mol. The molecule has 0 bridgehead atoms. The van der Waals surface area contributed by atoms with Crippen molar-refractivity contribution in [3.8, 4) is 0 Å². The van der Waals surface area contributed by atoms with Gasteiger partial charge in [-0.1, -0.05) is 6.08 Å². The Morgan fingerprint density at radius 1 is 1.29 bits per heavy atom. The number of carbonyl (C=O) groups is 2. The van der Waals surface area contributed by atoms with E-state index >= 15 is 0 Å². The molecule has 0 aliphatic rings. The van der Waals surface area contributed by atoms with Crippen LogP contribution in [-0.2, 0) is 14.2 Å². The molecular formula is C8H14NO7P. The maximum atomic E-state index is 10.7. The molecule has 0 unspecified atom stereocenters. The van der Waals surface area contributed by atoms with Crippen molar-refractivity contribution in [2.45, 2.75) is 18.9 Å². The fraction of sp³-hybridized carbons (Fsp3) is 0.500. The van der Waals surface area contributed by atoms with Crippen LogP contribution in [0.15, 0.2) is 11.9 Å². The average Bonchev–Trinajstić information content (AvgIpc) is 2.13. The lowest BCUT2D eigenvalue weighted by Crippen LogP contribution is -2.37. The van der Waals surface area contributed by atoms with E-state index in [4.69, 9.17) is 20.0 Å². The minimum atomic E-state index is -4.24. The fourth-order valence-corrected chi connectivity index (χ4v) is 1.36. The van der Waals surface area contributed by atoms with Gasteiger partial charge in [-0.3, -0.25) is 14.2 Å². The molecule has 1 atom stereocenters. The zero-order chi connectivity index (χ0) is 13.5. The minimum absolute atomic E-state index is 0.0678. The Labute approximate surface area is 97.1 Å². The van der Waals surface area contributed by atoms with Gasteiger partial charge in [-0.05, 0) is 6.42 Å². The standard InChI is InChI=1S/C8H14NO7P/c10-7(11)3-2-6(8(12)13)9-4-1-5-17(14,15)16/h1,5-6,9H,2-4H2,(H,10,11)(H,12,13)(H2,14,15,16)/t6-/m0/s1. The summed E-state index contributed by atoms with van der Waals surface area (Å²) in [6, 6.07) is -1.06. The SMILES string of the molecule is O=C(O)CC[C@H](NCC=CP(=O)(O)O)C(=O)O. The highest BCUT2D eigenvalue weighted by atomic mass is 31.2. The summed E-state index contributed by atoms with van der Waals surface area (Å²) in [7, 11) is -4.24. The summed E-state index contributed by atoms with van der Waals surface area (Å²) in [4.78, 5) is 37.9. The third-order valence-electron chi connectivity index (χ3n) is 1.73. The normalized spacial score (nSPS) is 13.8. The molecule has 0 radical (unpaired) electrons. The summed E-state index contributed by atoms with van der Waals surface area (Å²) in [6.07, 6.45) is 0.693. The third kappa shape index (κ3) is 9.70. The van der Waals surface area contributed by atoms with Crippen LogP contribution < -0.4 is 5.32 Å². The molecule has 0 amide bonds. The van der Waals surface area contributed by atoms with Crippen LogP contribution in [0, 0.1) is 0 Å². The molecule has 0 aromatic rings. The maximum Gasteiger partial charge on any atom is 0.348 e. The number of rotatable bonds is 8. The van der Waals surface area contributed by atoms with Crippen molar-refractivity contribution >= 4 is 19.5 Å². The molecule has 8 nitrogen and oxygen atoms in total. The summed E-state index contributed by atoms with van der Waals surface area (Å²) < 4.78 is 10.4. The molecule has 9 heteroatoms. The number of hydrogen-bond acceptors (Lipinski definition) is 4. The van der Waals surface area contributed by atoms with E-state index in [-0.39, 0.29) is 19.4 Å². The van der Waals surface area contributed by atoms with Crippen LogP contribution in [-0.4, -0.2) is 44.5 Å². The number of carboxylic acid groups (broad SMARTS) is 2. The Morgan fingerprint density at radius 2 is 1.88 bits per heavy atom. The summed E-state index contributed by atoms with van der Waals surface area (Å²) in [6.45, 7) is -0.0678. The summed E-state index contributed by atoms with van der Waals surface area (Å²) >= 11 is 0. The highest BCUT2D eigenvalue weighted by molar-refractivity contribution is 7.55. The maximum absolute atomic E-state index is 10.7. The largest absolute Gasteiger partial charge is 0.481 e. The van der Waals surface area contributed by atoms with E-state index in [1.807, 2.05) is 0 Å². The van der Waals surface area contributed by atoms with Crippen LogP contribution in [0.5, 0.6) is 0 Å². The van der Waals surface area contributed by atoms with Crippen LogP contribution in [0.3, 0.4) is 0 Å². The van der Waals surface area contributed by atoms with Crippen LogP contribution in [0.1, 0.15) is 12.8 Å². The van der Waals surface area contributed by atoms with Gasteiger partial charge in [0.2, 0.25) is 0 Å². The van der Waals surface area contributed by atoms with E-state index in [2.05, 4.69) is 5.32 Å². The van der Waals surface area contributed by atoms with E-state index in [1.54, 1.807) is 0 Å². The van der Waals surface area contributed by atoms with Gasteiger partial charge in [0.25, 0.3) is 0 Å². The molecule has 0 spiro atoms. The van der Waals surface area contributed by atoms with Gasteiger partial charge < -0.3 is 25.3 Å². The first-order valence-corrected chi connectivity index (χ1v) is 6.31. The molecule has 0 aromatic heterocycles. The fourth-order valence-electron chi connectivity index (χ4n) is 0.981. The van der Waals surface area contributed by atoms with Crippen molar-refractivity contribution in [3.63, 3.8) is 0 Å². The molecule has 0 saturated carbocycles.